The van der Waals surface area contributed by atoms with E-state index in [2.05, 4.69) is 10.6 Å². The second-order valence-corrected chi connectivity index (χ2v) is 3.94. The molecular formula is C11H12F4N2. The highest BCUT2D eigenvalue weighted by atomic mass is 19.4. The normalized spacial score (nSPS) is 21.5. The van der Waals surface area contributed by atoms with E-state index in [0.29, 0.717) is 13.1 Å². The van der Waals surface area contributed by atoms with Crippen LogP contribution in [-0.4, -0.2) is 19.6 Å². The van der Waals surface area contributed by atoms with E-state index in [1.54, 1.807) is 0 Å². The number of nitrogens with one attached hydrogen (secondary N) is 2. The Morgan fingerprint density at radius 3 is 2.53 bits per heavy atom. The molecule has 17 heavy (non-hydrogen) atoms. The van der Waals surface area contributed by atoms with Crippen molar-refractivity contribution in [2.75, 3.05) is 19.6 Å². The summed E-state index contributed by atoms with van der Waals surface area (Å²) in [6.45, 7) is 1.77. The molecule has 1 aliphatic heterocycles. The van der Waals surface area contributed by atoms with Gasteiger partial charge in [0, 0.05) is 31.2 Å². The summed E-state index contributed by atoms with van der Waals surface area (Å²) < 4.78 is 51.0. The van der Waals surface area contributed by atoms with E-state index >= 15 is 0 Å². The monoisotopic (exact) mass is 248 g/mol. The smallest absolute Gasteiger partial charge is 0.314 e. The quantitative estimate of drug-likeness (QED) is 0.743. The molecule has 2 N–H and O–H groups in total. The van der Waals surface area contributed by atoms with Crippen LogP contribution in [0.5, 0.6) is 0 Å². The first kappa shape index (κ1) is 12.3. The molecule has 1 aliphatic rings. The second kappa shape index (κ2) is 4.62. The summed E-state index contributed by atoms with van der Waals surface area (Å²) in [6, 6.07) is 2.09. The van der Waals surface area contributed by atoms with Crippen LogP contribution in [0.25, 0.3) is 0 Å². The Bertz CT molecular complexity index is 397. The van der Waals surface area contributed by atoms with Crippen LogP contribution in [0.1, 0.15) is 17.2 Å². The molecule has 1 fully saturated rings. The molecule has 0 unspecified atom stereocenters. The molecule has 1 aromatic rings. The molecule has 2 nitrogen and oxygen atoms in total. The minimum absolute atomic E-state index is 0.0621. The van der Waals surface area contributed by atoms with E-state index in [0.717, 1.165) is 24.7 Å². The first-order chi connectivity index (χ1) is 7.98. The van der Waals surface area contributed by atoms with Crippen molar-refractivity contribution in [2.45, 2.75) is 12.2 Å². The first-order valence-corrected chi connectivity index (χ1v) is 5.29. The third kappa shape index (κ3) is 2.76. The van der Waals surface area contributed by atoms with Crippen LogP contribution in [0.4, 0.5) is 17.6 Å². The van der Waals surface area contributed by atoms with Crippen molar-refractivity contribution in [3.8, 4) is 0 Å². The van der Waals surface area contributed by atoms with Crippen LogP contribution in [0.3, 0.4) is 0 Å². The Morgan fingerprint density at radius 1 is 1.18 bits per heavy atom. The van der Waals surface area contributed by atoms with E-state index in [1.807, 2.05) is 0 Å². The number of halogens is 4. The van der Waals surface area contributed by atoms with E-state index in [-0.39, 0.29) is 5.56 Å². The third-order valence-electron chi connectivity index (χ3n) is 2.74. The van der Waals surface area contributed by atoms with Crippen molar-refractivity contribution in [1.29, 1.82) is 0 Å². The fourth-order valence-electron chi connectivity index (χ4n) is 1.86. The summed E-state index contributed by atoms with van der Waals surface area (Å²) in [5.74, 6) is -0.612. The average molecular weight is 248 g/mol. The Labute approximate surface area is 96.0 Å². The third-order valence-corrected chi connectivity index (χ3v) is 2.74. The van der Waals surface area contributed by atoms with Crippen LogP contribution >= 0.6 is 0 Å². The molecule has 94 valence electrons. The number of hydrogen-bond acceptors (Lipinski definition) is 2. The van der Waals surface area contributed by atoms with Gasteiger partial charge in [0.2, 0.25) is 0 Å². The number of benzene rings is 1. The molecule has 1 saturated heterocycles. The van der Waals surface area contributed by atoms with Crippen LogP contribution in [-0.2, 0) is 6.18 Å². The largest absolute Gasteiger partial charge is 0.416 e. The zero-order valence-corrected chi connectivity index (χ0v) is 8.94. The number of piperazine rings is 1. The fraction of sp³-hybridized carbons (Fsp3) is 0.455. The van der Waals surface area contributed by atoms with Crippen molar-refractivity contribution < 1.29 is 17.6 Å². The van der Waals surface area contributed by atoms with Gasteiger partial charge in [0.15, 0.2) is 0 Å². The molecule has 1 heterocycles. The van der Waals surface area contributed by atoms with E-state index < -0.39 is 23.6 Å². The topological polar surface area (TPSA) is 24.1 Å². The maximum absolute atomic E-state index is 13.5. The van der Waals surface area contributed by atoms with Crippen LogP contribution < -0.4 is 10.6 Å². The summed E-state index contributed by atoms with van der Waals surface area (Å²) in [6.07, 6.45) is -4.44. The summed E-state index contributed by atoms with van der Waals surface area (Å²) in [4.78, 5) is 0. The zero-order valence-electron chi connectivity index (χ0n) is 8.94. The van der Waals surface area contributed by atoms with Crippen molar-refractivity contribution >= 4 is 0 Å². The van der Waals surface area contributed by atoms with Crippen molar-refractivity contribution in [3.63, 3.8) is 0 Å². The molecule has 2 rings (SSSR count). The molecule has 0 saturated carbocycles. The summed E-state index contributed by atoms with van der Waals surface area (Å²) in [5, 5.41) is 5.99. The maximum atomic E-state index is 13.5. The lowest BCUT2D eigenvalue weighted by Gasteiger charge is -2.25. The molecule has 1 atom stereocenters. The summed E-state index contributed by atoms with van der Waals surface area (Å²) in [5.41, 5.74) is -0.756. The Balaban J connectivity index is 2.31. The number of rotatable bonds is 1. The van der Waals surface area contributed by atoms with E-state index in [9.17, 15) is 17.6 Å². The van der Waals surface area contributed by atoms with Crippen molar-refractivity contribution in [1.82, 2.24) is 10.6 Å². The summed E-state index contributed by atoms with van der Waals surface area (Å²) in [7, 11) is 0. The predicted octanol–water partition coefficient (Wildman–Crippen LogP) is 2.08. The SMILES string of the molecule is Fc1ccc(C(F)(F)F)cc1[C@@H]1CNCCN1. The van der Waals surface area contributed by atoms with Gasteiger partial charge in [0.25, 0.3) is 0 Å². The molecule has 1 aromatic carbocycles. The van der Waals surface area contributed by atoms with Gasteiger partial charge in [0.1, 0.15) is 5.82 Å². The highest BCUT2D eigenvalue weighted by Crippen LogP contribution is 2.31. The minimum Gasteiger partial charge on any atom is -0.314 e. The van der Waals surface area contributed by atoms with Gasteiger partial charge < -0.3 is 10.6 Å². The van der Waals surface area contributed by atoms with Crippen LogP contribution in [0, 0.1) is 5.82 Å². The molecule has 0 aliphatic carbocycles. The first-order valence-electron chi connectivity index (χ1n) is 5.29. The standard InChI is InChI=1S/C11H12F4N2/c12-9-2-1-7(11(13,14)15)5-8(9)10-6-16-3-4-17-10/h1-2,5,10,16-17H,3-4,6H2/t10-/m0/s1. The molecule has 0 bridgehead atoms. The Morgan fingerprint density at radius 2 is 1.94 bits per heavy atom. The highest BCUT2D eigenvalue weighted by Gasteiger charge is 2.32. The second-order valence-electron chi connectivity index (χ2n) is 3.94. The number of alkyl halides is 3. The highest BCUT2D eigenvalue weighted by molar-refractivity contribution is 5.30. The van der Waals surface area contributed by atoms with Gasteiger partial charge in [-0.15, -0.1) is 0 Å². The predicted molar refractivity (Wildman–Crippen MR) is 55.0 cm³/mol. The van der Waals surface area contributed by atoms with Gasteiger partial charge in [-0.25, -0.2) is 4.39 Å². The van der Waals surface area contributed by atoms with Gasteiger partial charge >= 0.3 is 6.18 Å². The van der Waals surface area contributed by atoms with Gasteiger partial charge in [-0.1, -0.05) is 0 Å². The van der Waals surface area contributed by atoms with E-state index in [1.165, 1.54) is 0 Å². The minimum atomic E-state index is -4.44. The van der Waals surface area contributed by atoms with E-state index in [4.69, 9.17) is 0 Å². The molecule has 0 spiro atoms. The number of hydrogen-bond donors (Lipinski definition) is 2. The fourth-order valence-corrected chi connectivity index (χ4v) is 1.86. The summed E-state index contributed by atoms with van der Waals surface area (Å²) >= 11 is 0. The Kier molecular flexibility index (Phi) is 3.35. The molecule has 0 amide bonds. The Hall–Kier alpha value is -1.14. The molecular weight excluding hydrogens is 236 g/mol. The maximum Gasteiger partial charge on any atom is 0.416 e. The molecule has 6 heteroatoms. The molecule has 0 aromatic heterocycles. The lowest BCUT2D eigenvalue weighted by Crippen LogP contribution is -2.43. The van der Waals surface area contributed by atoms with Gasteiger partial charge in [-0.05, 0) is 18.2 Å². The lowest BCUT2D eigenvalue weighted by atomic mass is 10.0. The van der Waals surface area contributed by atoms with Crippen molar-refractivity contribution in [2.24, 2.45) is 0 Å². The van der Waals surface area contributed by atoms with Gasteiger partial charge in [0.05, 0.1) is 5.56 Å². The zero-order chi connectivity index (χ0) is 12.5. The molecule has 0 radical (unpaired) electrons. The van der Waals surface area contributed by atoms with Gasteiger partial charge in [-0.3, -0.25) is 0 Å². The van der Waals surface area contributed by atoms with Crippen molar-refractivity contribution in [3.05, 3.63) is 35.1 Å². The van der Waals surface area contributed by atoms with Crippen LogP contribution in [0.2, 0.25) is 0 Å². The average Bonchev–Trinajstić information content (AvgIpc) is 2.29. The van der Waals surface area contributed by atoms with Gasteiger partial charge in [-0.2, -0.15) is 13.2 Å². The van der Waals surface area contributed by atoms with Crippen LogP contribution in [0.15, 0.2) is 18.2 Å². The lowest BCUT2D eigenvalue weighted by molar-refractivity contribution is -0.137.